The molecule has 15 heavy (non-hydrogen) atoms. The van der Waals surface area contributed by atoms with E-state index in [-0.39, 0.29) is 0 Å². The number of anilines is 1. The van der Waals surface area contributed by atoms with E-state index in [0.29, 0.717) is 0 Å². The third-order valence-electron chi connectivity index (χ3n) is 3.49. The molecule has 1 nitrogen and oxygen atoms in total. The molecule has 1 fully saturated rings. The van der Waals surface area contributed by atoms with Crippen LogP contribution in [0.1, 0.15) is 12.0 Å². The van der Waals surface area contributed by atoms with Gasteiger partial charge in [-0.25, -0.2) is 0 Å². The fourth-order valence-corrected chi connectivity index (χ4v) is 3.91. The molecule has 2 aliphatic heterocycles. The minimum Gasteiger partial charge on any atom is -0.371 e. The predicted molar refractivity (Wildman–Crippen MR) is 67.8 cm³/mol. The van der Waals surface area contributed by atoms with E-state index in [2.05, 4.69) is 40.9 Å². The van der Waals surface area contributed by atoms with Crippen molar-refractivity contribution >= 4 is 17.4 Å². The van der Waals surface area contributed by atoms with Crippen molar-refractivity contribution in [3.8, 4) is 0 Å². The van der Waals surface area contributed by atoms with Gasteiger partial charge in [0.2, 0.25) is 0 Å². The van der Waals surface area contributed by atoms with E-state index in [4.69, 9.17) is 0 Å². The average Bonchev–Trinajstić information content (AvgIpc) is 2.89. The molecule has 2 aliphatic rings. The first-order valence-electron chi connectivity index (χ1n) is 5.84. The molecule has 0 N–H and O–H groups in total. The van der Waals surface area contributed by atoms with E-state index in [9.17, 15) is 0 Å². The maximum atomic E-state index is 2.59. The molecule has 1 unspecified atom stereocenters. The predicted octanol–water partition coefficient (Wildman–Crippen LogP) is 2.80. The van der Waals surface area contributed by atoms with E-state index < -0.39 is 0 Å². The molecule has 0 bridgehead atoms. The number of hydrogen-bond donors (Lipinski definition) is 0. The normalized spacial score (nSPS) is 24.5. The number of thioether (sulfide) groups is 1. The van der Waals surface area contributed by atoms with Crippen molar-refractivity contribution in [3.63, 3.8) is 0 Å². The highest BCUT2D eigenvalue weighted by atomic mass is 32.2. The van der Waals surface area contributed by atoms with Crippen molar-refractivity contribution in [2.75, 3.05) is 29.5 Å². The Kier molecular flexibility index (Phi) is 2.61. The highest BCUT2D eigenvalue weighted by Crippen LogP contribution is 2.31. The number of fused-ring (bicyclic) bond motifs is 1. The number of hydrogen-bond acceptors (Lipinski definition) is 2. The lowest BCUT2D eigenvalue weighted by molar-refractivity contribution is 0.581. The van der Waals surface area contributed by atoms with Crippen LogP contribution in [0.15, 0.2) is 24.3 Å². The molecule has 3 rings (SSSR count). The molecule has 1 aromatic carbocycles. The molecule has 2 heteroatoms. The number of rotatable bonds is 2. The fourth-order valence-electron chi connectivity index (χ4n) is 2.64. The Balaban J connectivity index is 1.73. The van der Waals surface area contributed by atoms with Gasteiger partial charge in [-0.3, -0.25) is 0 Å². The summed E-state index contributed by atoms with van der Waals surface area (Å²) in [4.78, 5) is 2.59. The Morgan fingerprint density at radius 1 is 1.33 bits per heavy atom. The summed E-state index contributed by atoms with van der Waals surface area (Å²) in [5, 5.41) is 0. The minimum atomic E-state index is 0.932. The van der Waals surface area contributed by atoms with Crippen LogP contribution in [0.3, 0.4) is 0 Å². The topological polar surface area (TPSA) is 3.24 Å². The molecule has 0 radical (unpaired) electrons. The standard InChI is InChI=1S/C13H17NS/c1-2-4-13-12(3-1)5-7-14(13)9-11-6-8-15-10-11/h1-4,11H,5-10H2. The Bertz CT molecular complexity index is 344. The van der Waals surface area contributed by atoms with Crippen LogP contribution in [-0.2, 0) is 6.42 Å². The van der Waals surface area contributed by atoms with Gasteiger partial charge in [-0.15, -0.1) is 0 Å². The van der Waals surface area contributed by atoms with Crippen molar-refractivity contribution in [1.82, 2.24) is 0 Å². The van der Waals surface area contributed by atoms with Crippen molar-refractivity contribution < 1.29 is 0 Å². The van der Waals surface area contributed by atoms with Crippen LogP contribution in [0.2, 0.25) is 0 Å². The molecular formula is C13H17NS. The molecule has 1 aromatic rings. The summed E-state index contributed by atoms with van der Waals surface area (Å²) in [6.07, 6.45) is 2.67. The largest absolute Gasteiger partial charge is 0.371 e. The van der Waals surface area contributed by atoms with Gasteiger partial charge in [0.25, 0.3) is 0 Å². The van der Waals surface area contributed by atoms with Crippen LogP contribution < -0.4 is 4.90 Å². The molecule has 0 spiro atoms. The van der Waals surface area contributed by atoms with Crippen LogP contribution in [-0.4, -0.2) is 24.6 Å². The van der Waals surface area contributed by atoms with Crippen LogP contribution >= 0.6 is 11.8 Å². The minimum absolute atomic E-state index is 0.932. The Morgan fingerprint density at radius 3 is 3.13 bits per heavy atom. The fraction of sp³-hybridized carbons (Fsp3) is 0.538. The second-order valence-corrected chi connectivity index (χ2v) is 5.70. The van der Waals surface area contributed by atoms with E-state index in [0.717, 1.165) is 5.92 Å². The summed E-state index contributed by atoms with van der Waals surface area (Å²) < 4.78 is 0. The van der Waals surface area contributed by atoms with Crippen LogP contribution in [0.5, 0.6) is 0 Å². The SMILES string of the molecule is c1ccc2c(c1)CCN2CC1CCSC1. The summed E-state index contributed by atoms with van der Waals surface area (Å²) in [6.45, 7) is 2.52. The molecule has 80 valence electrons. The number of nitrogens with zero attached hydrogens (tertiary/aromatic N) is 1. The lowest BCUT2D eigenvalue weighted by atomic mass is 10.1. The van der Waals surface area contributed by atoms with Crippen LogP contribution in [0.4, 0.5) is 5.69 Å². The van der Waals surface area contributed by atoms with E-state index in [1.165, 1.54) is 43.1 Å². The van der Waals surface area contributed by atoms with E-state index in [1.54, 1.807) is 5.56 Å². The van der Waals surface area contributed by atoms with Crippen molar-refractivity contribution in [1.29, 1.82) is 0 Å². The molecule has 0 amide bonds. The monoisotopic (exact) mass is 219 g/mol. The molecule has 1 atom stereocenters. The summed E-state index contributed by atoms with van der Waals surface area (Å²) in [7, 11) is 0. The van der Waals surface area contributed by atoms with Crippen LogP contribution in [0, 0.1) is 5.92 Å². The number of benzene rings is 1. The van der Waals surface area contributed by atoms with Gasteiger partial charge in [0, 0.05) is 18.8 Å². The van der Waals surface area contributed by atoms with E-state index in [1.807, 2.05) is 0 Å². The van der Waals surface area contributed by atoms with Gasteiger partial charge in [-0.1, -0.05) is 18.2 Å². The van der Waals surface area contributed by atoms with Crippen molar-refractivity contribution in [3.05, 3.63) is 29.8 Å². The quantitative estimate of drug-likeness (QED) is 0.752. The van der Waals surface area contributed by atoms with Gasteiger partial charge in [-0.05, 0) is 41.9 Å². The summed E-state index contributed by atoms with van der Waals surface area (Å²) in [5.41, 5.74) is 3.04. The maximum absolute atomic E-state index is 2.59. The lowest BCUT2D eigenvalue weighted by Gasteiger charge is -2.22. The lowest BCUT2D eigenvalue weighted by Crippen LogP contribution is -2.27. The Morgan fingerprint density at radius 2 is 2.27 bits per heavy atom. The molecular weight excluding hydrogens is 202 g/mol. The smallest absolute Gasteiger partial charge is 0.0399 e. The first-order chi connectivity index (χ1) is 7.43. The third kappa shape index (κ3) is 1.87. The van der Waals surface area contributed by atoms with Crippen molar-refractivity contribution in [2.24, 2.45) is 5.92 Å². The highest BCUT2D eigenvalue weighted by Gasteiger charge is 2.23. The molecule has 1 saturated heterocycles. The van der Waals surface area contributed by atoms with Gasteiger partial charge in [0.1, 0.15) is 0 Å². The van der Waals surface area contributed by atoms with Gasteiger partial charge in [-0.2, -0.15) is 11.8 Å². The molecule has 0 aliphatic carbocycles. The first kappa shape index (κ1) is 9.59. The zero-order chi connectivity index (χ0) is 10.1. The second kappa shape index (κ2) is 4.09. The summed E-state index contributed by atoms with van der Waals surface area (Å²) in [6, 6.07) is 8.89. The van der Waals surface area contributed by atoms with Crippen molar-refractivity contribution in [2.45, 2.75) is 12.8 Å². The molecule has 2 heterocycles. The molecule has 0 saturated carbocycles. The average molecular weight is 219 g/mol. The van der Waals surface area contributed by atoms with Gasteiger partial charge >= 0.3 is 0 Å². The second-order valence-electron chi connectivity index (χ2n) is 4.55. The van der Waals surface area contributed by atoms with E-state index >= 15 is 0 Å². The first-order valence-corrected chi connectivity index (χ1v) is 6.99. The number of para-hydroxylation sites is 1. The van der Waals surface area contributed by atoms with Gasteiger partial charge in [0.05, 0.1) is 0 Å². The Hall–Kier alpha value is -0.630. The maximum Gasteiger partial charge on any atom is 0.0399 e. The van der Waals surface area contributed by atoms with Gasteiger partial charge in [0.15, 0.2) is 0 Å². The zero-order valence-corrected chi connectivity index (χ0v) is 9.80. The zero-order valence-electron chi connectivity index (χ0n) is 8.98. The van der Waals surface area contributed by atoms with Crippen LogP contribution in [0.25, 0.3) is 0 Å². The summed E-state index contributed by atoms with van der Waals surface area (Å²) in [5.74, 6) is 3.68. The Labute approximate surface area is 95.9 Å². The molecule has 0 aromatic heterocycles. The van der Waals surface area contributed by atoms with Gasteiger partial charge < -0.3 is 4.90 Å². The highest BCUT2D eigenvalue weighted by molar-refractivity contribution is 7.99. The summed E-state index contributed by atoms with van der Waals surface area (Å²) >= 11 is 2.12. The third-order valence-corrected chi connectivity index (χ3v) is 4.72.